The van der Waals surface area contributed by atoms with Crippen molar-refractivity contribution in [2.24, 2.45) is 11.7 Å². The molecule has 2 N–H and O–H groups in total. The summed E-state index contributed by atoms with van der Waals surface area (Å²) in [6.45, 7) is 5.09. The van der Waals surface area contributed by atoms with Crippen LogP contribution < -0.4 is 5.73 Å². The molecule has 2 rings (SSSR count). The van der Waals surface area contributed by atoms with Crippen molar-refractivity contribution in [2.45, 2.75) is 70.4 Å². The molecule has 0 aromatic heterocycles. The molecule has 0 amide bonds. The van der Waals surface area contributed by atoms with E-state index in [4.69, 9.17) is 5.73 Å². The zero-order valence-electron chi connectivity index (χ0n) is 10.8. The first-order valence-electron chi connectivity index (χ1n) is 7.25. The molecule has 2 aliphatic rings. The van der Waals surface area contributed by atoms with Crippen LogP contribution >= 0.6 is 0 Å². The van der Waals surface area contributed by atoms with E-state index < -0.39 is 0 Å². The summed E-state index contributed by atoms with van der Waals surface area (Å²) in [5.74, 6) is 0.931. The van der Waals surface area contributed by atoms with Crippen LogP contribution in [0.4, 0.5) is 0 Å². The van der Waals surface area contributed by atoms with E-state index in [1.807, 2.05) is 0 Å². The van der Waals surface area contributed by atoms with Gasteiger partial charge in [0.1, 0.15) is 0 Å². The SMILES string of the molecule is CC1CCCCCN1CC1CCC(N)CC1. The summed E-state index contributed by atoms with van der Waals surface area (Å²) < 4.78 is 0. The largest absolute Gasteiger partial charge is 0.328 e. The number of hydrogen-bond donors (Lipinski definition) is 1. The van der Waals surface area contributed by atoms with Gasteiger partial charge >= 0.3 is 0 Å². The van der Waals surface area contributed by atoms with Gasteiger partial charge in [-0.05, 0) is 57.9 Å². The first-order valence-corrected chi connectivity index (χ1v) is 7.25. The van der Waals surface area contributed by atoms with Crippen molar-refractivity contribution in [1.82, 2.24) is 4.90 Å². The number of nitrogens with zero attached hydrogens (tertiary/aromatic N) is 1. The summed E-state index contributed by atoms with van der Waals surface area (Å²) in [6, 6.07) is 1.32. The molecule has 94 valence electrons. The summed E-state index contributed by atoms with van der Waals surface area (Å²) >= 11 is 0. The lowest BCUT2D eigenvalue weighted by Crippen LogP contribution is -2.39. The van der Waals surface area contributed by atoms with E-state index in [0.717, 1.165) is 12.0 Å². The third kappa shape index (κ3) is 3.46. The molecule has 1 aliphatic carbocycles. The van der Waals surface area contributed by atoms with Crippen molar-refractivity contribution >= 4 is 0 Å². The predicted octanol–water partition coefficient (Wildman–Crippen LogP) is 2.77. The maximum atomic E-state index is 5.97. The summed E-state index contributed by atoms with van der Waals surface area (Å²) in [5.41, 5.74) is 5.97. The van der Waals surface area contributed by atoms with Crippen molar-refractivity contribution in [3.05, 3.63) is 0 Å². The van der Waals surface area contributed by atoms with E-state index in [1.165, 1.54) is 64.5 Å². The third-order valence-electron chi connectivity index (χ3n) is 4.57. The molecule has 0 spiro atoms. The second-order valence-corrected chi connectivity index (χ2v) is 5.97. The van der Waals surface area contributed by atoms with Gasteiger partial charge in [0.2, 0.25) is 0 Å². The second kappa shape index (κ2) is 6.02. The van der Waals surface area contributed by atoms with E-state index in [2.05, 4.69) is 11.8 Å². The molecular formula is C14H28N2. The van der Waals surface area contributed by atoms with E-state index in [-0.39, 0.29) is 0 Å². The highest BCUT2D eigenvalue weighted by Crippen LogP contribution is 2.26. The molecule has 0 bridgehead atoms. The van der Waals surface area contributed by atoms with Gasteiger partial charge in [-0.15, -0.1) is 0 Å². The summed E-state index contributed by atoms with van der Waals surface area (Å²) in [6.07, 6.45) is 10.9. The number of likely N-dealkylation sites (tertiary alicyclic amines) is 1. The van der Waals surface area contributed by atoms with E-state index in [9.17, 15) is 0 Å². The average molecular weight is 224 g/mol. The van der Waals surface area contributed by atoms with Gasteiger partial charge in [-0.2, -0.15) is 0 Å². The molecule has 2 nitrogen and oxygen atoms in total. The fraction of sp³-hybridized carbons (Fsp3) is 1.00. The minimum Gasteiger partial charge on any atom is -0.328 e. The van der Waals surface area contributed by atoms with Crippen LogP contribution in [-0.2, 0) is 0 Å². The standard InChI is InChI=1S/C14H28N2/c1-12-5-3-2-4-10-16(12)11-13-6-8-14(15)9-7-13/h12-14H,2-11,15H2,1H3. The van der Waals surface area contributed by atoms with Crippen molar-refractivity contribution in [3.63, 3.8) is 0 Å². The fourth-order valence-corrected chi connectivity index (χ4v) is 3.31. The Labute approximate surface area is 101 Å². The maximum absolute atomic E-state index is 5.97. The zero-order valence-corrected chi connectivity index (χ0v) is 10.8. The highest BCUT2D eigenvalue weighted by molar-refractivity contribution is 4.79. The Morgan fingerprint density at radius 2 is 1.75 bits per heavy atom. The maximum Gasteiger partial charge on any atom is 0.00670 e. The second-order valence-electron chi connectivity index (χ2n) is 5.97. The molecule has 2 heteroatoms. The van der Waals surface area contributed by atoms with Crippen molar-refractivity contribution in [2.75, 3.05) is 13.1 Å². The third-order valence-corrected chi connectivity index (χ3v) is 4.57. The van der Waals surface area contributed by atoms with Gasteiger partial charge in [-0.25, -0.2) is 0 Å². The van der Waals surface area contributed by atoms with Gasteiger partial charge < -0.3 is 10.6 Å². The van der Waals surface area contributed by atoms with Gasteiger partial charge in [-0.3, -0.25) is 0 Å². The van der Waals surface area contributed by atoms with Crippen molar-refractivity contribution in [1.29, 1.82) is 0 Å². The predicted molar refractivity (Wildman–Crippen MR) is 69.4 cm³/mol. The monoisotopic (exact) mass is 224 g/mol. The Morgan fingerprint density at radius 1 is 1.00 bits per heavy atom. The number of hydrogen-bond acceptors (Lipinski definition) is 2. The van der Waals surface area contributed by atoms with Gasteiger partial charge in [0.25, 0.3) is 0 Å². The van der Waals surface area contributed by atoms with E-state index >= 15 is 0 Å². The van der Waals surface area contributed by atoms with Crippen LogP contribution in [-0.4, -0.2) is 30.1 Å². The lowest BCUT2D eigenvalue weighted by Gasteiger charge is -2.34. The first-order chi connectivity index (χ1) is 7.75. The highest BCUT2D eigenvalue weighted by atomic mass is 15.1. The lowest BCUT2D eigenvalue weighted by molar-refractivity contribution is 0.156. The Balaban J connectivity index is 1.78. The topological polar surface area (TPSA) is 29.3 Å². The Kier molecular flexibility index (Phi) is 4.66. The Morgan fingerprint density at radius 3 is 2.50 bits per heavy atom. The van der Waals surface area contributed by atoms with E-state index in [0.29, 0.717) is 6.04 Å². The van der Waals surface area contributed by atoms with Crippen LogP contribution in [0.25, 0.3) is 0 Å². The van der Waals surface area contributed by atoms with Crippen LogP contribution in [0.5, 0.6) is 0 Å². The average Bonchev–Trinajstić information content (AvgIpc) is 2.48. The Hall–Kier alpha value is -0.0800. The van der Waals surface area contributed by atoms with Crippen LogP contribution in [0.3, 0.4) is 0 Å². The molecule has 2 fully saturated rings. The van der Waals surface area contributed by atoms with Gasteiger partial charge in [0.15, 0.2) is 0 Å². The number of rotatable bonds is 2. The Bertz CT molecular complexity index is 197. The molecule has 1 saturated heterocycles. The summed E-state index contributed by atoms with van der Waals surface area (Å²) in [4.78, 5) is 2.74. The van der Waals surface area contributed by atoms with Crippen LogP contribution in [0, 0.1) is 5.92 Å². The van der Waals surface area contributed by atoms with Gasteiger partial charge in [0.05, 0.1) is 0 Å². The minimum atomic E-state index is 0.498. The van der Waals surface area contributed by atoms with E-state index in [1.54, 1.807) is 0 Å². The first kappa shape index (κ1) is 12.4. The van der Waals surface area contributed by atoms with Crippen LogP contribution in [0.15, 0.2) is 0 Å². The molecular weight excluding hydrogens is 196 g/mol. The smallest absolute Gasteiger partial charge is 0.00670 e. The molecule has 1 aliphatic heterocycles. The highest BCUT2D eigenvalue weighted by Gasteiger charge is 2.23. The molecule has 1 atom stereocenters. The zero-order chi connectivity index (χ0) is 11.4. The molecule has 0 aromatic carbocycles. The fourth-order valence-electron chi connectivity index (χ4n) is 3.31. The van der Waals surface area contributed by atoms with Gasteiger partial charge in [0, 0.05) is 18.6 Å². The minimum absolute atomic E-state index is 0.498. The number of nitrogens with two attached hydrogens (primary N) is 1. The molecule has 1 heterocycles. The van der Waals surface area contributed by atoms with Gasteiger partial charge in [-0.1, -0.05) is 12.8 Å². The lowest BCUT2D eigenvalue weighted by atomic mass is 9.86. The van der Waals surface area contributed by atoms with Crippen molar-refractivity contribution in [3.8, 4) is 0 Å². The summed E-state index contributed by atoms with van der Waals surface area (Å²) in [7, 11) is 0. The van der Waals surface area contributed by atoms with Crippen LogP contribution in [0.1, 0.15) is 58.3 Å². The normalized spacial score (nSPS) is 38.2. The van der Waals surface area contributed by atoms with Crippen molar-refractivity contribution < 1.29 is 0 Å². The molecule has 1 unspecified atom stereocenters. The molecule has 16 heavy (non-hydrogen) atoms. The molecule has 0 radical (unpaired) electrons. The quantitative estimate of drug-likeness (QED) is 0.781. The molecule has 1 saturated carbocycles. The van der Waals surface area contributed by atoms with Crippen LogP contribution in [0.2, 0.25) is 0 Å². The summed E-state index contributed by atoms with van der Waals surface area (Å²) in [5, 5.41) is 0. The molecule has 0 aromatic rings.